The Kier molecular flexibility index (Phi) is 4.88. The van der Waals surface area contributed by atoms with E-state index in [1.807, 2.05) is 0 Å². The molecule has 1 aliphatic heterocycles. The largest absolute Gasteiger partial charge is 0.243 e. The fraction of sp³-hybridized carbons (Fsp3) is 0.667. The fourth-order valence-corrected chi connectivity index (χ4v) is 7.54. The molecule has 3 atom stereocenters. The second-order valence-electron chi connectivity index (χ2n) is 7.84. The molecule has 0 unspecified atom stereocenters. The topological polar surface area (TPSA) is 83.5 Å². The summed E-state index contributed by atoms with van der Waals surface area (Å²) >= 11 is 0. The number of nitrogens with one attached hydrogen (secondary N) is 1. The zero-order chi connectivity index (χ0) is 18.4. The zero-order valence-corrected chi connectivity index (χ0v) is 16.4. The van der Waals surface area contributed by atoms with E-state index in [9.17, 15) is 16.8 Å². The third-order valence-corrected chi connectivity index (χ3v) is 9.55. The van der Waals surface area contributed by atoms with E-state index < -0.39 is 20.0 Å². The van der Waals surface area contributed by atoms with Crippen molar-refractivity contribution in [3.05, 3.63) is 24.3 Å². The molecule has 2 aliphatic carbocycles. The minimum absolute atomic E-state index is 0.0236. The Morgan fingerprint density at radius 1 is 0.846 bits per heavy atom. The Morgan fingerprint density at radius 3 is 2.08 bits per heavy atom. The van der Waals surface area contributed by atoms with Crippen molar-refractivity contribution >= 4 is 20.0 Å². The van der Waals surface area contributed by atoms with Gasteiger partial charge in [-0.3, -0.25) is 0 Å². The zero-order valence-electron chi connectivity index (χ0n) is 14.8. The van der Waals surface area contributed by atoms with Gasteiger partial charge in [0.15, 0.2) is 0 Å². The molecular formula is C18H26N2O4S2. The highest BCUT2D eigenvalue weighted by Crippen LogP contribution is 2.44. The first-order valence-electron chi connectivity index (χ1n) is 9.49. The van der Waals surface area contributed by atoms with Crippen LogP contribution in [0.1, 0.15) is 44.9 Å². The maximum absolute atomic E-state index is 12.7. The number of hydrogen-bond donors (Lipinski definition) is 1. The predicted molar refractivity (Wildman–Crippen MR) is 98.6 cm³/mol. The quantitative estimate of drug-likeness (QED) is 0.825. The second-order valence-corrected chi connectivity index (χ2v) is 11.5. The number of nitrogens with zero attached hydrogens (tertiary/aromatic N) is 1. The maximum Gasteiger partial charge on any atom is 0.243 e. The first kappa shape index (κ1) is 18.4. The number of rotatable bonds is 5. The lowest BCUT2D eigenvalue weighted by Crippen LogP contribution is -2.38. The van der Waals surface area contributed by atoms with Crippen molar-refractivity contribution in [1.29, 1.82) is 0 Å². The molecular weight excluding hydrogens is 372 g/mol. The van der Waals surface area contributed by atoms with Gasteiger partial charge < -0.3 is 0 Å². The smallest absolute Gasteiger partial charge is 0.208 e. The molecule has 2 bridgehead atoms. The molecule has 8 heteroatoms. The molecule has 6 nitrogen and oxygen atoms in total. The molecule has 0 aromatic heterocycles. The third kappa shape index (κ3) is 3.44. The first-order chi connectivity index (χ1) is 12.4. The van der Waals surface area contributed by atoms with Crippen molar-refractivity contribution in [2.45, 2.75) is 60.8 Å². The average Bonchev–Trinajstić information content (AvgIpc) is 3.25. The highest BCUT2D eigenvalue weighted by atomic mass is 32.2. The van der Waals surface area contributed by atoms with E-state index in [2.05, 4.69) is 4.72 Å². The van der Waals surface area contributed by atoms with Crippen molar-refractivity contribution in [3.8, 4) is 0 Å². The summed E-state index contributed by atoms with van der Waals surface area (Å²) in [5, 5.41) is 0. The number of piperidine rings is 1. The lowest BCUT2D eigenvalue weighted by molar-refractivity contribution is 0.346. The Balaban J connectivity index is 1.50. The van der Waals surface area contributed by atoms with E-state index in [0.29, 0.717) is 24.9 Å². The van der Waals surface area contributed by atoms with Gasteiger partial charge in [0.05, 0.1) is 9.79 Å². The van der Waals surface area contributed by atoms with Gasteiger partial charge in [-0.25, -0.2) is 21.6 Å². The summed E-state index contributed by atoms with van der Waals surface area (Å²) in [6, 6.07) is 5.67. The van der Waals surface area contributed by atoms with Crippen molar-refractivity contribution in [2.24, 2.45) is 11.8 Å². The van der Waals surface area contributed by atoms with Crippen LogP contribution in [0.5, 0.6) is 0 Å². The van der Waals surface area contributed by atoms with E-state index >= 15 is 0 Å². The summed E-state index contributed by atoms with van der Waals surface area (Å²) in [5.41, 5.74) is 0. The molecule has 1 aromatic carbocycles. The molecule has 26 heavy (non-hydrogen) atoms. The van der Waals surface area contributed by atoms with Crippen LogP contribution in [0.3, 0.4) is 0 Å². The normalized spacial score (nSPS) is 29.9. The van der Waals surface area contributed by atoms with E-state index in [1.165, 1.54) is 35.0 Å². The van der Waals surface area contributed by atoms with Crippen LogP contribution in [0.2, 0.25) is 0 Å². The third-order valence-electron chi connectivity index (χ3n) is 6.13. The van der Waals surface area contributed by atoms with Crippen molar-refractivity contribution < 1.29 is 16.8 Å². The number of benzene rings is 1. The van der Waals surface area contributed by atoms with E-state index in [4.69, 9.17) is 0 Å². The number of hydrogen-bond acceptors (Lipinski definition) is 4. The van der Waals surface area contributed by atoms with Crippen LogP contribution < -0.4 is 4.72 Å². The molecule has 3 aliphatic rings. The van der Waals surface area contributed by atoms with Crippen LogP contribution in [0.25, 0.3) is 0 Å². The standard InChI is InChI=1S/C18H26N2O4S2/c21-25(22,19-18-13-14-4-5-15(18)12-14)16-6-8-17(9-7-16)26(23,24)20-10-2-1-3-11-20/h6-9,14-15,18-19H,1-5,10-13H2/t14-,15+,18+/m0/s1. The lowest BCUT2D eigenvalue weighted by Gasteiger charge is -2.26. The highest BCUT2D eigenvalue weighted by Gasteiger charge is 2.41. The molecule has 144 valence electrons. The maximum atomic E-state index is 12.7. The van der Waals surface area contributed by atoms with Crippen molar-refractivity contribution in [3.63, 3.8) is 0 Å². The van der Waals surface area contributed by atoms with Gasteiger partial charge in [-0.1, -0.05) is 12.8 Å². The summed E-state index contributed by atoms with van der Waals surface area (Å²) in [7, 11) is -7.15. The summed E-state index contributed by atoms with van der Waals surface area (Å²) in [4.78, 5) is 0.302. The van der Waals surface area contributed by atoms with Gasteiger partial charge in [0.2, 0.25) is 20.0 Å². The van der Waals surface area contributed by atoms with Crippen LogP contribution in [-0.4, -0.2) is 40.3 Å². The van der Waals surface area contributed by atoms with Gasteiger partial charge >= 0.3 is 0 Å². The molecule has 0 radical (unpaired) electrons. The monoisotopic (exact) mass is 398 g/mol. The minimum Gasteiger partial charge on any atom is -0.208 e. The SMILES string of the molecule is O=S(=O)(N[C@@H]1C[C@H]2CC[C@@H]1C2)c1ccc(S(=O)(=O)N2CCCCC2)cc1. The van der Waals surface area contributed by atoms with Crippen LogP contribution in [-0.2, 0) is 20.0 Å². The van der Waals surface area contributed by atoms with Crippen LogP contribution in [0.4, 0.5) is 0 Å². The minimum atomic E-state index is -3.61. The van der Waals surface area contributed by atoms with Gasteiger partial charge in [0, 0.05) is 19.1 Å². The van der Waals surface area contributed by atoms with Crippen molar-refractivity contribution in [2.75, 3.05) is 13.1 Å². The molecule has 0 amide bonds. The van der Waals surface area contributed by atoms with Crippen LogP contribution in [0.15, 0.2) is 34.1 Å². The molecule has 3 fully saturated rings. The Labute approximate surface area is 156 Å². The summed E-state index contributed by atoms with van der Waals surface area (Å²) in [6.07, 6.45) is 7.17. The summed E-state index contributed by atoms with van der Waals surface area (Å²) in [5.74, 6) is 1.11. The van der Waals surface area contributed by atoms with E-state index in [-0.39, 0.29) is 15.8 Å². The second kappa shape index (κ2) is 6.89. The van der Waals surface area contributed by atoms with Gasteiger partial charge in [-0.2, -0.15) is 4.31 Å². The predicted octanol–water partition coefficient (Wildman–Crippen LogP) is 2.33. The molecule has 4 rings (SSSR count). The molecule has 2 saturated carbocycles. The van der Waals surface area contributed by atoms with Gasteiger partial charge in [0.1, 0.15) is 0 Å². The van der Waals surface area contributed by atoms with Crippen LogP contribution in [0, 0.1) is 11.8 Å². The Bertz CT molecular complexity index is 859. The molecule has 1 heterocycles. The first-order valence-corrected chi connectivity index (χ1v) is 12.4. The molecule has 1 saturated heterocycles. The Morgan fingerprint density at radius 2 is 1.50 bits per heavy atom. The van der Waals surface area contributed by atoms with Crippen molar-refractivity contribution in [1.82, 2.24) is 9.03 Å². The average molecular weight is 399 g/mol. The molecule has 0 spiro atoms. The lowest BCUT2D eigenvalue weighted by atomic mass is 9.96. The number of sulfonamides is 2. The van der Waals surface area contributed by atoms with Gasteiger partial charge in [-0.05, 0) is 68.2 Å². The fourth-order valence-electron chi connectivity index (χ4n) is 4.70. The molecule has 1 N–H and O–H groups in total. The van der Waals surface area contributed by atoms with Crippen LogP contribution >= 0.6 is 0 Å². The van der Waals surface area contributed by atoms with E-state index in [1.54, 1.807) is 0 Å². The Hall–Kier alpha value is -0.960. The molecule has 1 aromatic rings. The number of fused-ring (bicyclic) bond motifs is 2. The van der Waals surface area contributed by atoms with Gasteiger partial charge in [-0.15, -0.1) is 0 Å². The van der Waals surface area contributed by atoms with Gasteiger partial charge in [0.25, 0.3) is 0 Å². The summed E-state index contributed by atoms with van der Waals surface area (Å²) < 4.78 is 55.0. The highest BCUT2D eigenvalue weighted by molar-refractivity contribution is 7.89. The van der Waals surface area contributed by atoms with E-state index in [0.717, 1.165) is 38.5 Å². The summed E-state index contributed by atoms with van der Waals surface area (Å²) in [6.45, 7) is 1.07.